The van der Waals surface area contributed by atoms with Crippen molar-refractivity contribution in [2.75, 3.05) is 0 Å². The van der Waals surface area contributed by atoms with E-state index in [1.165, 1.54) is 6.08 Å². The van der Waals surface area contributed by atoms with E-state index in [0.29, 0.717) is 23.2 Å². The molecule has 0 aliphatic heterocycles. The molecule has 0 bridgehead atoms. The number of hydrogen-bond donors (Lipinski definition) is 0. The summed E-state index contributed by atoms with van der Waals surface area (Å²) in [4.78, 5) is 11.6. The van der Waals surface area contributed by atoms with Crippen LogP contribution in [0.15, 0.2) is 42.5 Å². The summed E-state index contributed by atoms with van der Waals surface area (Å²) in [7, 11) is 0. The number of allylic oxidation sites excluding steroid dienone is 2. The number of ketones is 1. The fourth-order valence-corrected chi connectivity index (χ4v) is 2.06. The van der Waals surface area contributed by atoms with Gasteiger partial charge in [-0.3, -0.25) is 4.79 Å². The Kier molecular flexibility index (Phi) is 1.80. The summed E-state index contributed by atoms with van der Waals surface area (Å²) in [6, 6.07) is 9.09. The third kappa shape index (κ3) is 1.15. The second kappa shape index (κ2) is 3.17. The second-order valence-electron chi connectivity index (χ2n) is 3.83. The van der Waals surface area contributed by atoms with Crippen LogP contribution in [0.1, 0.15) is 16.1 Å². The number of para-hydroxylation sites is 1. The van der Waals surface area contributed by atoms with E-state index in [-0.39, 0.29) is 5.78 Å². The molecule has 0 saturated heterocycles. The second-order valence-corrected chi connectivity index (χ2v) is 3.83. The van der Waals surface area contributed by atoms with Gasteiger partial charge in [0.25, 0.3) is 0 Å². The lowest BCUT2D eigenvalue weighted by Crippen LogP contribution is -2.35. The van der Waals surface area contributed by atoms with Gasteiger partial charge in [-0.2, -0.15) is 4.73 Å². The summed E-state index contributed by atoms with van der Waals surface area (Å²) >= 11 is 0. The van der Waals surface area contributed by atoms with Crippen LogP contribution in [0.3, 0.4) is 0 Å². The SMILES string of the molecule is O=C1C=CCc2c1cc1ccccc1[n+]2[O-]. The van der Waals surface area contributed by atoms with E-state index in [1.54, 1.807) is 18.2 Å². The van der Waals surface area contributed by atoms with E-state index in [1.807, 2.05) is 18.2 Å². The van der Waals surface area contributed by atoms with Crippen LogP contribution < -0.4 is 4.73 Å². The highest BCUT2D eigenvalue weighted by molar-refractivity contribution is 6.07. The maximum atomic E-state index is 12.0. The van der Waals surface area contributed by atoms with Crippen LogP contribution in [0.2, 0.25) is 0 Å². The molecule has 0 fully saturated rings. The Morgan fingerprint density at radius 3 is 2.94 bits per heavy atom. The van der Waals surface area contributed by atoms with E-state index in [4.69, 9.17) is 0 Å². The van der Waals surface area contributed by atoms with Gasteiger partial charge < -0.3 is 5.21 Å². The summed E-state index contributed by atoms with van der Waals surface area (Å²) < 4.78 is 0.867. The standard InChI is InChI=1S/C13H9NO2/c15-13-7-3-6-12-10(13)8-9-4-1-2-5-11(9)14(12)16/h1-5,7-8H,6H2. The normalized spacial score (nSPS) is 14.1. The van der Waals surface area contributed by atoms with Crippen molar-refractivity contribution in [3.63, 3.8) is 0 Å². The first-order chi connectivity index (χ1) is 7.77. The van der Waals surface area contributed by atoms with Crippen LogP contribution in [-0.4, -0.2) is 5.78 Å². The van der Waals surface area contributed by atoms with Crippen molar-refractivity contribution in [2.24, 2.45) is 0 Å². The Morgan fingerprint density at radius 2 is 2.06 bits per heavy atom. The maximum absolute atomic E-state index is 12.0. The first-order valence-electron chi connectivity index (χ1n) is 5.12. The zero-order valence-electron chi connectivity index (χ0n) is 8.51. The first-order valence-corrected chi connectivity index (χ1v) is 5.12. The molecule has 0 N–H and O–H groups in total. The highest BCUT2D eigenvalue weighted by Gasteiger charge is 2.22. The van der Waals surface area contributed by atoms with Crippen molar-refractivity contribution in [3.05, 3.63) is 58.9 Å². The number of pyridine rings is 1. The van der Waals surface area contributed by atoms with Crippen LogP contribution in [0.5, 0.6) is 0 Å². The van der Waals surface area contributed by atoms with E-state index in [9.17, 15) is 10.0 Å². The fourth-order valence-electron chi connectivity index (χ4n) is 2.06. The average molecular weight is 211 g/mol. The van der Waals surface area contributed by atoms with Crippen LogP contribution in [-0.2, 0) is 6.42 Å². The maximum Gasteiger partial charge on any atom is 0.224 e. The lowest BCUT2D eigenvalue weighted by atomic mass is 9.99. The Bertz CT molecular complexity index is 629. The molecule has 2 aromatic rings. The lowest BCUT2D eigenvalue weighted by Gasteiger charge is -2.12. The number of rotatable bonds is 0. The third-order valence-electron chi connectivity index (χ3n) is 2.86. The Morgan fingerprint density at radius 1 is 1.25 bits per heavy atom. The first kappa shape index (κ1) is 9.09. The number of hydrogen-bond acceptors (Lipinski definition) is 2. The molecule has 3 heteroatoms. The minimum atomic E-state index is -0.0865. The van der Waals surface area contributed by atoms with Crippen LogP contribution in [0, 0.1) is 5.21 Å². The molecule has 0 unspecified atom stereocenters. The summed E-state index contributed by atoms with van der Waals surface area (Å²) in [5, 5.41) is 12.9. The zero-order chi connectivity index (χ0) is 11.1. The Hall–Kier alpha value is -2.16. The molecule has 3 nitrogen and oxygen atoms in total. The van der Waals surface area contributed by atoms with Gasteiger partial charge in [-0.05, 0) is 18.2 Å². The van der Waals surface area contributed by atoms with Gasteiger partial charge in [0.2, 0.25) is 11.2 Å². The molecule has 16 heavy (non-hydrogen) atoms. The molecule has 1 aliphatic rings. The van der Waals surface area contributed by atoms with Crippen molar-refractivity contribution in [1.29, 1.82) is 0 Å². The number of carbonyl (C=O) groups is 1. The van der Waals surface area contributed by atoms with E-state index < -0.39 is 0 Å². The van der Waals surface area contributed by atoms with Crippen molar-refractivity contribution in [3.8, 4) is 0 Å². The van der Waals surface area contributed by atoms with Gasteiger partial charge in [0.15, 0.2) is 5.78 Å². The van der Waals surface area contributed by atoms with Gasteiger partial charge in [0, 0.05) is 11.5 Å². The van der Waals surface area contributed by atoms with Crippen molar-refractivity contribution >= 4 is 16.7 Å². The smallest absolute Gasteiger partial charge is 0.224 e. The topological polar surface area (TPSA) is 44.0 Å². The van der Waals surface area contributed by atoms with E-state index in [0.717, 1.165) is 10.1 Å². The summed E-state index contributed by atoms with van der Waals surface area (Å²) in [5.41, 5.74) is 1.69. The molecule has 1 aromatic carbocycles. The molecule has 0 saturated carbocycles. The molecule has 1 aliphatic carbocycles. The van der Waals surface area contributed by atoms with Gasteiger partial charge in [-0.25, -0.2) is 0 Å². The Balaban J connectivity index is 2.43. The van der Waals surface area contributed by atoms with Crippen LogP contribution >= 0.6 is 0 Å². The van der Waals surface area contributed by atoms with Crippen molar-refractivity contribution < 1.29 is 9.52 Å². The summed E-state index contributed by atoms with van der Waals surface area (Å²) in [6.45, 7) is 0. The van der Waals surface area contributed by atoms with Crippen LogP contribution in [0.4, 0.5) is 0 Å². The molecule has 78 valence electrons. The van der Waals surface area contributed by atoms with E-state index >= 15 is 0 Å². The van der Waals surface area contributed by atoms with Crippen LogP contribution in [0.25, 0.3) is 10.9 Å². The summed E-state index contributed by atoms with van der Waals surface area (Å²) in [5.74, 6) is -0.0865. The van der Waals surface area contributed by atoms with Gasteiger partial charge >= 0.3 is 0 Å². The van der Waals surface area contributed by atoms with E-state index in [2.05, 4.69) is 0 Å². The summed E-state index contributed by atoms with van der Waals surface area (Å²) in [6.07, 6.45) is 3.78. The Labute approximate surface area is 92.2 Å². The zero-order valence-corrected chi connectivity index (χ0v) is 8.51. The average Bonchev–Trinajstić information content (AvgIpc) is 2.31. The number of nitrogens with zero attached hydrogens (tertiary/aromatic N) is 1. The third-order valence-corrected chi connectivity index (χ3v) is 2.86. The number of fused-ring (bicyclic) bond motifs is 2. The molecule has 1 heterocycles. The minimum Gasteiger partial charge on any atom is -0.618 e. The molecule has 0 atom stereocenters. The van der Waals surface area contributed by atoms with Gasteiger partial charge in [-0.1, -0.05) is 18.2 Å². The minimum absolute atomic E-state index is 0.0865. The lowest BCUT2D eigenvalue weighted by molar-refractivity contribution is -0.585. The quantitative estimate of drug-likeness (QED) is 0.492. The van der Waals surface area contributed by atoms with Gasteiger partial charge in [0.05, 0.1) is 12.0 Å². The predicted octanol–water partition coefficient (Wildman–Crippen LogP) is 1.77. The fraction of sp³-hybridized carbons (Fsp3) is 0.0769. The number of carbonyl (C=O) groups excluding carboxylic acids is 1. The highest BCUT2D eigenvalue weighted by atomic mass is 16.5. The van der Waals surface area contributed by atoms with Gasteiger partial charge in [-0.15, -0.1) is 0 Å². The molecule has 0 spiro atoms. The monoisotopic (exact) mass is 211 g/mol. The molecule has 0 amide bonds. The van der Waals surface area contributed by atoms with Crippen molar-refractivity contribution in [1.82, 2.24) is 0 Å². The number of benzene rings is 1. The predicted molar refractivity (Wildman–Crippen MR) is 60.1 cm³/mol. The molecule has 3 rings (SSSR count). The van der Waals surface area contributed by atoms with Crippen molar-refractivity contribution in [2.45, 2.75) is 6.42 Å². The molecule has 1 aromatic heterocycles. The largest absolute Gasteiger partial charge is 0.618 e. The molecular weight excluding hydrogens is 202 g/mol. The molecule has 0 radical (unpaired) electrons. The highest BCUT2D eigenvalue weighted by Crippen LogP contribution is 2.19. The molecular formula is C13H9NO2. The van der Waals surface area contributed by atoms with Gasteiger partial charge in [0.1, 0.15) is 0 Å². The number of aromatic nitrogens is 1.